The van der Waals surface area contributed by atoms with E-state index in [2.05, 4.69) is 34.7 Å². The number of hydrogen-bond acceptors (Lipinski definition) is 2. The lowest BCUT2D eigenvalue weighted by atomic mass is 9.94. The van der Waals surface area contributed by atoms with Crippen LogP contribution in [0.15, 0.2) is 22.7 Å². The van der Waals surface area contributed by atoms with E-state index in [0.29, 0.717) is 17.5 Å². The lowest BCUT2D eigenvalue weighted by molar-refractivity contribution is 0.0697. The first-order valence-electron chi connectivity index (χ1n) is 6.28. The fourth-order valence-corrected chi connectivity index (χ4v) is 3.10. The first-order valence-corrected chi connectivity index (χ1v) is 7.08. The molecular formula is C14H18BrNO2. The fraction of sp³-hybridized carbons (Fsp3) is 0.500. The highest BCUT2D eigenvalue weighted by Gasteiger charge is 2.24. The first-order chi connectivity index (χ1) is 8.49. The Balaban J connectivity index is 2.30. The Morgan fingerprint density at radius 2 is 2.11 bits per heavy atom. The van der Waals surface area contributed by atoms with E-state index < -0.39 is 5.97 Å². The quantitative estimate of drug-likeness (QED) is 0.903. The van der Waals surface area contributed by atoms with Crippen molar-refractivity contribution in [3.8, 4) is 0 Å². The largest absolute Gasteiger partial charge is 0.478 e. The van der Waals surface area contributed by atoms with Gasteiger partial charge in [-0.15, -0.1) is 0 Å². The van der Waals surface area contributed by atoms with Gasteiger partial charge in [-0.05, 0) is 59.8 Å². The van der Waals surface area contributed by atoms with Gasteiger partial charge < -0.3 is 10.0 Å². The van der Waals surface area contributed by atoms with Crippen molar-refractivity contribution >= 4 is 27.6 Å². The molecule has 98 valence electrons. The van der Waals surface area contributed by atoms with Gasteiger partial charge in [-0.3, -0.25) is 0 Å². The average molecular weight is 312 g/mol. The molecule has 18 heavy (non-hydrogen) atoms. The number of benzene rings is 1. The monoisotopic (exact) mass is 311 g/mol. The number of carboxylic acid groups (broad SMARTS) is 1. The van der Waals surface area contributed by atoms with Gasteiger partial charge in [0.2, 0.25) is 0 Å². The lowest BCUT2D eigenvalue weighted by Gasteiger charge is -2.39. The number of carboxylic acids is 1. The molecule has 2 unspecified atom stereocenters. The zero-order valence-corrected chi connectivity index (χ0v) is 12.3. The van der Waals surface area contributed by atoms with Gasteiger partial charge in [0.25, 0.3) is 0 Å². The first kappa shape index (κ1) is 13.4. The van der Waals surface area contributed by atoms with Gasteiger partial charge in [0, 0.05) is 17.1 Å². The number of halogens is 1. The van der Waals surface area contributed by atoms with E-state index in [0.717, 1.165) is 16.7 Å². The van der Waals surface area contributed by atoms with Crippen molar-refractivity contribution in [2.75, 3.05) is 11.4 Å². The molecule has 1 aliphatic rings. The van der Waals surface area contributed by atoms with Gasteiger partial charge in [-0.1, -0.05) is 6.92 Å². The van der Waals surface area contributed by atoms with Crippen molar-refractivity contribution in [2.24, 2.45) is 5.92 Å². The Bertz CT molecular complexity index is 461. The zero-order chi connectivity index (χ0) is 13.3. The summed E-state index contributed by atoms with van der Waals surface area (Å²) in [5.74, 6) is -0.199. The Morgan fingerprint density at radius 3 is 2.72 bits per heavy atom. The second-order valence-corrected chi connectivity index (χ2v) is 6.01. The number of carbonyl (C=O) groups is 1. The van der Waals surface area contributed by atoms with E-state index in [1.54, 1.807) is 12.1 Å². The molecule has 0 aromatic heterocycles. The molecule has 2 atom stereocenters. The summed E-state index contributed by atoms with van der Waals surface area (Å²) in [6.45, 7) is 5.52. The number of anilines is 1. The van der Waals surface area contributed by atoms with E-state index in [1.165, 1.54) is 12.8 Å². The van der Waals surface area contributed by atoms with Crippen molar-refractivity contribution in [2.45, 2.75) is 32.7 Å². The molecule has 0 bridgehead atoms. The number of piperidine rings is 1. The van der Waals surface area contributed by atoms with Crippen LogP contribution in [0.25, 0.3) is 0 Å². The van der Waals surface area contributed by atoms with Gasteiger partial charge in [0.1, 0.15) is 0 Å². The predicted octanol–water partition coefficient (Wildman–Crippen LogP) is 3.77. The van der Waals surface area contributed by atoms with Crippen LogP contribution in [0.4, 0.5) is 5.69 Å². The molecule has 4 heteroatoms. The van der Waals surface area contributed by atoms with Gasteiger partial charge in [0.05, 0.1) is 11.3 Å². The molecular weight excluding hydrogens is 294 g/mol. The lowest BCUT2D eigenvalue weighted by Crippen LogP contribution is -2.41. The van der Waals surface area contributed by atoms with Crippen LogP contribution >= 0.6 is 15.9 Å². The Labute approximate surface area is 116 Å². The molecule has 0 aliphatic carbocycles. The zero-order valence-electron chi connectivity index (χ0n) is 10.7. The minimum absolute atomic E-state index is 0.323. The van der Waals surface area contributed by atoms with Crippen LogP contribution in [0.1, 0.15) is 37.0 Å². The standard InChI is InChI=1S/C14H18BrNO2/c1-9-3-4-10(2)16(8-9)13-6-5-11(14(17)18)7-12(13)15/h5-7,9-10H,3-4,8H2,1-2H3,(H,17,18). The van der Waals surface area contributed by atoms with Gasteiger partial charge >= 0.3 is 5.97 Å². The normalized spacial score (nSPS) is 24.1. The number of nitrogens with zero attached hydrogens (tertiary/aromatic N) is 1. The maximum Gasteiger partial charge on any atom is 0.335 e. The molecule has 1 heterocycles. The molecule has 1 N–H and O–H groups in total. The van der Waals surface area contributed by atoms with Crippen molar-refractivity contribution in [3.05, 3.63) is 28.2 Å². The molecule has 0 amide bonds. The summed E-state index contributed by atoms with van der Waals surface area (Å²) < 4.78 is 0.864. The van der Waals surface area contributed by atoms with E-state index in [1.807, 2.05) is 6.07 Å². The summed E-state index contributed by atoms with van der Waals surface area (Å²) in [4.78, 5) is 13.3. The van der Waals surface area contributed by atoms with Crippen LogP contribution in [0, 0.1) is 5.92 Å². The molecule has 1 aliphatic heterocycles. The summed E-state index contributed by atoms with van der Waals surface area (Å²) in [5, 5.41) is 8.97. The van der Waals surface area contributed by atoms with Crippen LogP contribution in [0.3, 0.4) is 0 Å². The van der Waals surface area contributed by atoms with E-state index in [-0.39, 0.29) is 0 Å². The SMILES string of the molecule is CC1CCC(C)N(c2ccc(C(=O)O)cc2Br)C1. The maximum absolute atomic E-state index is 10.9. The second-order valence-electron chi connectivity index (χ2n) is 5.16. The summed E-state index contributed by atoms with van der Waals surface area (Å²) in [6, 6.07) is 5.77. The van der Waals surface area contributed by atoms with Crippen LogP contribution in [0.5, 0.6) is 0 Å². The summed E-state index contributed by atoms with van der Waals surface area (Å²) >= 11 is 3.49. The van der Waals surface area contributed by atoms with Crippen molar-refractivity contribution in [1.29, 1.82) is 0 Å². The highest BCUT2D eigenvalue weighted by molar-refractivity contribution is 9.10. The minimum Gasteiger partial charge on any atom is -0.478 e. The number of rotatable bonds is 2. The highest BCUT2D eigenvalue weighted by Crippen LogP contribution is 2.33. The van der Waals surface area contributed by atoms with Crippen molar-refractivity contribution in [3.63, 3.8) is 0 Å². The third-order valence-corrected chi connectivity index (χ3v) is 4.26. The molecule has 1 fully saturated rings. The summed E-state index contributed by atoms with van der Waals surface area (Å²) in [7, 11) is 0. The van der Waals surface area contributed by atoms with Crippen LogP contribution in [-0.4, -0.2) is 23.7 Å². The maximum atomic E-state index is 10.9. The van der Waals surface area contributed by atoms with E-state index in [4.69, 9.17) is 5.11 Å². The Hall–Kier alpha value is -1.03. The molecule has 1 saturated heterocycles. The van der Waals surface area contributed by atoms with Crippen molar-refractivity contribution in [1.82, 2.24) is 0 Å². The van der Waals surface area contributed by atoms with E-state index in [9.17, 15) is 4.79 Å². The van der Waals surface area contributed by atoms with Crippen LogP contribution < -0.4 is 4.90 Å². The molecule has 1 aromatic carbocycles. The molecule has 2 rings (SSSR count). The third kappa shape index (κ3) is 2.69. The van der Waals surface area contributed by atoms with Gasteiger partial charge in [-0.25, -0.2) is 4.79 Å². The van der Waals surface area contributed by atoms with E-state index >= 15 is 0 Å². The second kappa shape index (κ2) is 5.31. The molecule has 3 nitrogen and oxygen atoms in total. The average Bonchev–Trinajstić information content (AvgIpc) is 2.32. The topological polar surface area (TPSA) is 40.5 Å². The Kier molecular flexibility index (Phi) is 3.95. The minimum atomic E-state index is -0.887. The fourth-order valence-electron chi connectivity index (χ4n) is 2.50. The number of aromatic carboxylic acids is 1. The van der Waals surface area contributed by atoms with Gasteiger partial charge in [-0.2, -0.15) is 0 Å². The summed E-state index contributed by atoms with van der Waals surface area (Å²) in [5.41, 5.74) is 1.42. The smallest absolute Gasteiger partial charge is 0.335 e. The van der Waals surface area contributed by atoms with Crippen LogP contribution in [-0.2, 0) is 0 Å². The molecule has 1 aromatic rings. The van der Waals surface area contributed by atoms with Crippen molar-refractivity contribution < 1.29 is 9.90 Å². The molecule has 0 radical (unpaired) electrons. The summed E-state index contributed by atoms with van der Waals surface area (Å²) in [6.07, 6.45) is 2.46. The molecule has 0 spiro atoms. The number of hydrogen-bond donors (Lipinski definition) is 1. The Morgan fingerprint density at radius 1 is 1.39 bits per heavy atom. The highest BCUT2D eigenvalue weighted by atomic mass is 79.9. The predicted molar refractivity (Wildman–Crippen MR) is 76.3 cm³/mol. The third-order valence-electron chi connectivity index (χ3n) is 3.62. The van der Waals surface area contributed by atoms with Crippen LogP contribution in [0.2, 0.25) is 0 Å². The molecule has 0 saturated carbocycles. The van der Waals surface area contributed by atoms with Gasteiger partial charge in [0.15, 0.2) is 0 Å².